The second-order valence-electron chi connectivity index (χ2n) is 4.98. The van der Waals surface area contributed by atoms with Crippen molar-refractivity contribution in [1.82, 2.24) is 14.8 Å². The summed E-state index contributed by atoms with van der Waals surface area (Å²) >= 11 is 0. The molecule has 0 saturated heterocycles. The zero-order valence-corrected chi connectivity index (χ0v) is 10.6. The number of fused-ring (bicyclic) bond motifs is 1. The number of nitro benzene ring substituents is 1. The van der Waals surface area contributed by atoms with Crippen LogP contribution >= 0.6 is 0 Å². The molecule has 1 aliphatic heterocycles. The van der Waals surface area contributed by atoms with Gasteiger partial charge in [0.15, 0.2) is 5.82 Å². The van der Waals surface area contributed by atoms with E-state index in [1.165, 1.54) is 12.1 Å². The molecule has 1 aliphatic rings. The van der Waals surface area contributed by atoms with Crippen LogP contribution in [0.15, 0.2) is 24.3 Å². The van der Waals surface area contributed by atoms with E-state index in [0.717, 1.165) is 30.8 Å². The van der Waals surface area contributed by atoms with Crippen LogP contribution in [0.25, 0.3) is 11.4 Å². The maximum atomic E-state index is 10.6. The molecule has 1 unspecified atom stereocenters. The number of rotatable bonds is 2. The van der Waals surface area contributed by atoms with Crippen molar-refractivity contribution in [2.24, 2.45) is 5.92 Å². The summed E-state index contributed by atoms with van der Waals surface area (Å²) in [6.07, 6.45) is 2.07. The van der Waals surface area contributed by atoms with Crippen molar-refractivity contribution < 1.29 is 4.92 Å². The Hall–Kier alpha value is -2.24. The Morgan fingerprint density at radius 2 is 2.11 bits per heavy atom. The second kappa shape index (κ2) is 4.46. The lowest BCUT2D eigenvalue weighted by Crippen LogP contribution is -2.18. The van der Waals surface area contributed by atoms with Gasteiger partial charge in [-0.05, 0) is 24.5 Å². The standard InChI is InChI=1S/C13H14N4O2/c1-9-6-7-16-12(8-9)14-13(15-16)10-2-4-11(5-3-10)17(18)19/h2-5,9H,6-8H2,1H3. The molecule has 1 aromatic carbocycles. The summed E-state index contributed by atoms with van der Waals surface area (Å²) in [5.41, 5.74) is 0.904. The Kier molecular flexibility index (Phi) is 2.77. The Balaban J connectivity index is 1.92. The van der Waals surface area contributed by atoms with E-state index in [1.807, 2.05) is 4.68 Å². The first-order valence-corrected chi connectivity index (χ1v) is 6.32. The molecule has 0 bridgehead atoms. The van der Waals surface area contributed by atoms with E-state index in [9.17, 15) is 10.1 Å². The maximum Gasteiger partial charge on any atom is 0.269 e. The van der Waals surface area contributed by atoms with E-state index >= 15 is 0 Å². The minimum absolute atomic E-state index is 0.0846. The first-order chi connectivity index (χ1) is 9.13. The molecule has 1 atom stereocenters. The lowest BCUT2D eigenvalue weighted by molar-refractivity contribution is -0.384. The molecule has 6 nitrogen and oxygen atoms in total. The van der Waals surface area contributed by atoms with E-state index in [1.54, 1.807) is 12.1 Å². The molecule has 0 N–H and O–H groups in total. The highest BCUT2D eigenvalue weighted by molar-refractivity contribution is 5.57. The third-order valence-electron chi connectivity index (χ3n) is 3.45. The van der Waals surface area contributed by atoms with Crippen molar-refractivity contribution in [2.75, 3.05) is 0 Å². The summed E-state index contributed by atoms with van der Waals surface area (Å²) in [6, 6.07) is 6.36. The average molecular weight is 258 g/mol. The lowest BCUT2D eigenvalue weighted by atomic mass is 10.0. The quantitative estimate of drug-likeness (QED) is 0.612. The van der Waals surface area contributed by atoms with Crippen LogP contribution in [0.3, 0.4) is 0 Å². The van der Waals surface area contributed by atoms with Gasteiger partial charge in [-0.2, -0.15) is 5.10 Å². The van der Waals surface area contributed by atoms with Gasteiger partial charge in [0.2, 0.25) is 0 Å². The van der Waals surface area contributed by atoms with Crippen molar-refractivity contribution in [3.8, 4) is 11.4 Å². The van der Waals surface area contributed by atoms with Crippen LogP contribution < -0.4 is 0 Å². The van der Waals surface area contributed by atoms with Gasteiger partial charge in [0.25, 0.3) is 5.69 Å². The van der Waals surface area contributed by atoms with E-state index in [0.29, 0.717) is 11.7 Å². The van der Waals surface area contributed by atoms with E-state index < -0.39 is 4.92 Å². The van der Waals surface area contributed by atoms with Crippen molar-refractivity contribution >= 4 is 5.69 Å². The van der Waals surface area contributed by atoms with E-state index in [-0.39, 0.29) is 5.69 Å². The number of aryl methyl sites for hydroxylation is 1. The molecular formula is C13H14N4O2. The van der Waals surface area contributed by atoms with Gasteiger partial charge in [-0.25, -0.2) is 9.67 Å². The number of nitrogens with zero attached hydrogens (tertiary/aromatic N) is 4. The molecule has 3 rings (SSSR count). The van der Waals surface area contributed by atoms with Crippen LogP contribution in [0.4, 0.5) is 5.69 Å². The minimum Gasteiger partial charge on any atom is -0.258 e. The number of nitro groups is 1. The summed E-state index contributed by atoms with van der Waals surface area (Å²) in [6.45, 7) is 3.11. The predicted molar refractivity (Wildman–Crippen MR) is 69.6 cm³/mol. The fourth-order valence-electron chi connectivity index (χ4n) is 2.32. The van der Waals surface area contributed by atoms with Gasteiger partial charge in [-0.1, -0.05) is 6.92 Å². The Bertz CT molecular complexity index is 618. The minimum atomic E-state index is -0.406. The third-order valence-corrected chi connectivity index (χ3v) is 3.45. The number of benzene rings is 1. The van der Waals surface area contributed by atoms with Crippen LogP contribution in [-0.2, 0) is 13.0 Å². The molecule has 98 valence electrons. The molecule has 19 heavy (non-hydrogen) atoms. The van der Waals surface area contributed by atoms with Gasteiger partial charge in [0, 0.05) is 30.7 Å². The highest BCUT2D eigenvalue weighted by Gasteiger charge is 2.19. The molecule has 0 aliphatic carbocycles. The van der Waals surface area contributed by atoms with Crippen molar-refractivity contribution in [3.63, 3.8) is 0 Å². The SMILES string of the molecule is CC1CCn2nc(-c3ccc([N+](=O)[O-])cc3)nc2C1. The summed E-state index contributed by atoms with van der Waals surface area (Å²) in [4.78, 5) is 14.7. The van der Waals surface area contributed by atoms with Crippen LogP contribution in [0.1, 0.15) is 19.2 Å². The zero-order valence-electron chi connectivity index (χ0n) is 10.6. The van der Waals surface area contributed by atoms with Crippen LogP contribution in [0, 0.1) is 16.0 Å². The normalized spacial score (nSPS) is 18.1. The molecular weight excluding hydrogens is 244 g/mol. The second-order valence-corrected chi connectivity index (χ2v) is 4.98. The van der Waals surface area contributed by atoms with Crippen LogP contribution in [-0.4, -0.2) is 19.7 Å². The fraction of sp³-hybridized carbons (Fsp3) is 0.385. The molecule has 2 aromatic rings. The number of hydrogen-bond acceptors (Lipinski definition) is 4. The molecule has 0 amide bonds. The number of aromatic nitrogens is 3. The maximum absolute atomic E-state index is 10.6. The monoisotopic (exact) mass is 258 g/mol. The third kappa shape index (κ3) is 2.21. The first-order valence-electron chi connectivity index (χ1n) is 6.32. The molecule has 6 heteroatoms. The summed E-state index contributed by atoms with van der Waals surface area (Å²) < 4.78 is 1.94. The highest BCUT2D eigenvalue weighted by Crippen LogP contribution is 2.23. The number of non-ortho nitro benzene ring substituents is 1. The first kappa shape index (κ1) is 11.8. The van der Waals surface area contributed by atoms with Gasteiger partial charge in [-0.3, -0.25) is 10.1 Å². The lowest BCUT2D eigenvalue weighted by Gasteiger charge is -2.17. The molecule has 1 aromatic heterocycles. The molecule has 2 heterocycles. The Morgan fingerprint density at radius 3 is 2.79 bits per heavy atom. The Morgan fingerprint density at radius 1 is 1.37 bits per heavy atom. The number of hydrogen-bond donors (Lipinski definition) is 0. The highest BCUT2D eigenvalue weighted by atomic mass is 16.6. The van der Waals surface area contributed by atoms with E-state index in [4.69, 9.17) is 0 Å². The van der Waals surface area contributed by atoms with Crippen molar-refractivity contribution in [2.45, 2.75) is 26.3 Å². The summed E-state index contributed by atoms with van der Waals surface area (Å²) in [5.74, 6) is 2.30. The van der Waals surface area contributed by atoms with Gasteiger partial charge in [0.05, 0.1) is 4.92 Å². The van der Waals surface area contributed by atoms with Gasteiger partial charge < -0.3 is 0 Å². The predicted octanol–water partition coefficient (Wildman–Crippen LogP) is 2.44. The molecule has 0 radical (unpaired) electrons. The van der Waals surface area contributed by atoms with Crippen LogP contribution in [0.2, 0.25) is 0 Å². The topological polar surface area (TPSA) is 73.8 Å². The van der Waals surface area contributed by atoms with E-state index in [2.05, 4.69) is 17.0 Å². The zero-order chi connectivity index (χ0) is 13.4. The van der Waals surface area contributed by atoms with Gasteiger partial charge >= 0.3 is 0 Å². The average Bonchev–Trinajstić information content (AvgIpc) is 2.81. The molecule has 0 saturated carbocycles. The fourth-order valence-corrected chi connectivity index (χ4v) is 2.32. The summed E-state index contributed by atoms with van der Waals surface area (Å²) in [5, 5.41) is 15.1. The van der Waals surface area contributed by atoms with Gasteiger partial charge in [-0.15, -0.1) is 0 Å². The molecule has 0 fully saturated rings. The summed E-state index contributed by atoms with van der Waals surface area (Å²) in [7, 11) is 0. The largest absolute Gasteiger partial charge is 0.269 e. The van der Waals surface area contributed by atoms with Crippen molar-refractivity contribution in [3.05, 3.63) is 40.2 Å². The smallest absolute Gasteiger partial charge is 0.258 e. The van der Waals surface area contributed by atoms with Crippen LogP contribution in [0.5, 0.6) is 0 Å². The van der Waals surface area contributed by atoms with Gasteiger partial charge in [0.1, 0.15) is 5.82 Å². The van der Waals surface area contributed by atoms with Crippen molar-refractivity contribution in [1.29, 1.82) is 0 Å². The Labute approximate surface area is 110 Å². The molecule has 0 spiro atoms.